The number of ether oxygens (including phenoxy) is 2. The van der Waals surface area contributed by atoms with Gasteiger partial charge in [-0.2, -0.15) is 0 Å². The minimum absolute atomic E-state index is 0.116. The molecule has 4 atom stereocenters. The zero-order valence-electron chi connectivity index (χ0n) is 25.1. The lowest BCUT2D eigenvalue weighted by molar-refractivity contribution is -0.145. The van der Waals surface area contributed by atoms with Gasteiger partial charge >= 0.3 is 18.1 Å². The van der Waals surface area contributed by atoms with Gasteiger partial charge in [-0.15, -0.1) is 0 Å². The molecule has 1 fully saturated rings. The van der Waals surface area contributed by atoms with Crippen LogP contribution in [0.15, 0.2) is 30.3 Å². The van der Waals surface area contributed by atoms with Crippen LogP contribution in [-0.4, -0.2) is 78.4 Å². The number of methoxy groups -OCH3 is 1. The maximum Gasteiger partial charge on any atom is 0.410 e. The van der Waals surface area contributed by atoms with E-state index in [9.17, 15) is 24.0 Å². The van der Waals surface area contributed by atoms with Gasteiger partial charge in [-0.1, -0.05) is 44.2 Å². The van der Waals surface area contributed by atoms with Crippen LogP contribution < -0.4 is 21.3 Å². The fourth-order valence-corrected chi connectivity index (χ4v) is 4.42. The quantitative estimate of drug-likeness (QED) is 0.233. The van der Waals surface area contributed by atoms with Gasteiger partial charge in [0, 0.05) is 13.0 Å². The van der Waals surface area contributed by atoms with Crippen molar-refractivity contribution in [2.45, 2.75) is 97.1 Å². The highest BCUT2D eigenvalue weighted by molar-refractivity contribution is 5.90. The van der Waals surface area contributed by atoms with Crippen molar-refractivity contribution < 1.29 is 33.4 Å². The summed E-state index contributed by atoms with van der Waals surface area (Å²) < 4.78 is 10.3. The summed E-state index contributed by atoms with van der Waals surface area (Å²) >= 11 is 0. The van der Waals surface area contributed by atoms with E-state index < -0.39 is 59.8 Å². The molecule has 41 heavy (non-hydrogen) atoms. The SMILES string of the molecule is COC(=O)[C@H](Cc1ccccc1)NC(=O)[C@H](C)NC(=O)N[C@@H](CC(C)C)NC(=O)[C@@H]1CCCN1C(=O)OC(C)(C)C. The summed E-state index contributed by atoms with van der Waals surface area (Å²) in [5.74, 6) is -1.46. The van der Waals surface area contributed by atoms with Gasteiger partial charge in [0.25, 0.3) is 0 Å². The summed E-state index contributed by atoms with van der Waals surface area (Å²) in [5.41, 5.74) is 0.142. The van der Waals surface area contributed by atoms with Crippen LogP contribution in [0, 0.1) is 5.92 Å². The summed E-state index contributed by atoms with van der Waals surface area (Å²) in [6.07, 6.45) is 0.470. The van der Waals surface area contributed by atoms with Gasteiger partial charge in [-0.05, 0) is 58.4 Å². The van der Waals surface area contributed by atoms with E-state index >= 15 is 0 Å². The number of amides is 5. The zero-order chi connectivity index (χ0) is 30.7. The number of urea groups is 1. The molecule has 228 valence electrons. The van der Waals surface area contributed by atoms with Crippen molar-refractivity contribution in [2.24, 2.45) is 5.92 Å². The van der Waals surface area contributed by atoms with Crippen LogP contribution in [0.1, 0.15) is 66.4 Å². The molecule has 1 aliphatic heterocycles. The van der Waals surface area contributed by atoms with Crippen LogP contribution in [0.4, 0.5) is 9.59 Å². The van der Waals surface area contributed by atoms with Gasteiger partial charge in [-0.25, -0.2) is 14.4 Å². The smallest absolute Gasteiger partial charge is 0.410 e. The molecule has 0 spiro atoms. The third-order valence-corrected chi connectivity index (χ3v) is 6.34. The molecule has 1 aromatic carbocycles. The fourth-order valence-electron chi connectivity index (χ4n) is 4.42. The lowest BCUT2D eigenvalue weighted by Crippen LogP contribution is -2.58. The molecular weight excluding hydrogens is 530 g/mol. The van der Waals surface area contributed by atoms with Gasteiger partial charge in [0.2, 0.25) is 11.8 Å². The van der Waals surface area contributed by atoms with Crippen molar-refractivity contribution in [3.05, 3.63) is 35.9 Å². The summed E-state index contributed by atoms with van der Waals surface area (Å²) in [5, 5.41) is 10.7. The third kappa shape index (κ3) is 11.3. The molecule has 0 saturated carbocycles. The van der Waals surface area contributed by atoms with E-state index in [2.05, 4.69) is 21.3 Å². The van der Waals surface area contributed by atoms with Crippen molar-refractivity contribution in [3.8, 4) is 0 Å². The molecule has 1 saturated heterocycles. The van der Waals surface area contributed by atoms with E-state index in [0.29, 0.717) is 25.8 Å². The standard InChI is InChI=1S/C29H45N5O7/c1-18(2)16-23(32-25(36)22-14-11-15-34(22)28(39)41-29(4,5)6)33-27(38)30-19(3)24(35)31-21(26(37)40-7)17-20-12-9-8-10-13-20/h8-10,12-13,18-19,21-23H,11,14-17H2,1-7H3,(H,31,35)(H,32,36)(H2,30,33,38)/t19-,21-,22-,23-/m0/s1. The first-order valence-corrected chi connectivity index (χ1v) is 14.0. The molecule has 4 N–H and O–H groups in total. The highest BCUT2D eigenvalue weighted by Gasteiger charge is 2.37. The van der Waals surface area contributed by atoms with Crippen LogP contribution >= 0.6 is 0 Å². The zero-order valence-corrected chi connectivity index (χ0v) is 25.1. The third-order valence-electron chi connectivity index (χ3n) is 6.34. The topological polar surface area (TPSA) is 155 Å². The highest BCUT2D eigenvalue weighted by Crippen LogP contribution is 2.21. The highest BCUT2D eigenvalue weighted by atomic mass is 16.6. The Hall–Kier alpha value is -3.83. The second-order valence-corrected chi connectivity index (χ2v) is 11.6. The molecule has 1 aromatic rings. The molecule has 12 nitrogen and oxygen atoms in total. The average Bonchev–Trinajstić information content (AvgIpc) is 3.37. The van der Waals surface area contributed by atoms with E-state index in [-0.39, 0.29) is 12.3 Å². The molecule has 2 rings (SSSR count). The largest absolute Gasteiger partial charge is 0.467 e. The summed E-state index contributed by atoms with van der Waals surface area (Å²) in [6, 6.07) is 5.85. The van der Waals surface area contributed by atoms with Gasteiger partial charge in [-0.3, -0.25) is 14.5 Å². The normalized spacial score (nSPS) is 17.2. The van der Waals surface area contributed by atoms with Crippen LogP contribution in [0.3, 0.4) is 0 Å². The monoisotopic (exact) mass is 575 g/mol. The Morgan fingerprint density at radius 3 is 2.22 bits per heavy atom. The lowest BCUT2D eigenvalue weighted by atomic mass is 10.1. The average molecular weight is 576 g/mol. The number of esters is 1. The molecule has 12 heteroatoms. The van der Waals surface area contributed by atoms with Crippen molar-refractivity contribution in [2.75, 3.05) is 13.7 Å². The van der Waals surface area contributed by atoms with Gasteiger partial charge in [0.1, 0.15) is 29.9 Å². The van der Waals surface area contributed by atoms with Gasteiger partial charge < -0.3 is 30.7 Å². The number of hydrogen-bond acceptors (Lipinski definition) is 7. The Labute approximate surface area is 242 Å². The second-order valence-electron chi connectivity index (χ2n) is 11.6. The summed E-state index contributed by atoms with van der Waals surface area (Å²) in [4.78, 5) is 65.1. The first kappa shape index (κ1) is 33.4. The molecule has 0 unspecified atom stereocenters. The predicted molar refractivity (Wildman–Crippen MR) is 153 cm³/mol. The molecule has 0 bridgehead atoms. The van der Waals surface area contributed by atoms with Crippen LogP contribution in [0.25, 0.3) is 0 Å². The first-order chi connectivity index (χ1) is 19.2. The summed E-state index contributed by atoms with van der Waals surface area (Å²) in [6.45, 7) is 11.1. The Morgan fingerprint density at radius 1 is 0.976 bits per heavy atom. The first-order valence-electron chi connectivity index (χ1n) is 14.0. The molecule has 0 aromatic heterocycles. The van der Waals surface area contributed by atoms with E-state index in [1.165, 1.54) is 18.9 Å². The van der Waals surface area contributed by atoms with E-state index in [4.69, 9.17) is 9.47 Å². The van der Waals surface area contributed by atoms with Crippen molar-refractivity contribution >= 4 is 29.9 Å². The van der Waals surface area contributed by atoms with Crippen LogP contribution in [0.5, 0.6) is 0 Å². The minimum atomic E-state index is -0.995. The van der Waals surface area contributed by atoms with E-state index in [0.717, 1.165) is 5.56 Å². The maximum absolute atomic E-state index is 13.2. The van der Waals surface area contributed by atoms with Crippen LogP contribution in [-0.2, 0) is 30.3 Å². The number of nitrogens with zero attached hydrogens (tertiary/aromatic N) is 1. The molecule has 1 aliphatic rings. The van der Waals surface area contributed by atoms with Crippen molar-refractivity contribution in [1.82, 2.24) is 26.2 Å². The minimum Gasteiger partial charge on any atom is -0.467 e. The van der Waals surface area contributed by atoms with Crippen molar-refractivity contribution in [1.29, 1.82) is 0 Å². The molecule has 1 heterocycles. The van der Waals surface area contributed by atoms with Crippen LogP contribution in [0.2, 0.25) is 0 Å². The molecular formula is C29H45N5O7. The Morgan fingerprint density at radius 2 is 1.63 bits per heavy atom. The summed E-state index contributed by atoms with van der Waals surface area (Å²) in [7, 11) is 1.24. The number of hydrogen-bond donors (Lipinski definition) is 4. The molecule has 0 radical (unpaired) electrons. The predicted octanol–water partition coefficient (Wildman–Crippen LogP) is 2.46. The van der Waals surface area contributed by atoms with E-state index in [1.807, 2.05) is 44.2 Å². The molecule has 0 aliphatic carbocycles. The Balaban J connectivity index is 1.99. The second kappa shape index (κ2) is 15.2. The molecule has 5 amide bonds. The van der Waals surface area contributed by atoms with Gasteiger partial charge in [0.05, 0.1) is 7.11 Å². The van der Waals surface area contributed by atoms with Gasteiger partial charge in [0.15, 0.2) is 0 Å². The lowest BCUT2D eigenvalue weighted by Gasteiger charge is -2.30. The number of rotatable bonds is 11. The maximum atomic E-state index is 13.2. The number of carbonyl (C=O) groups is 5. The number of carbonyl (C=O) groups excluding carboxylic acids is 5. The fraction of sp³-hybridized carbons (Fsp3) is 0.621. The van der Waals surface area contributed by atoms with Crippen molar-refractivity contribution in [3.63, 3.8) is 0 Å². The number of benzene rings is 1. The Bertz CT molecular complexity index is 1060. The number of nitrogens with one attached hydrogen (secondary N) is 4. The Kier molecular flexibility index (Phi) is 12.4. The van der Waals surface area contributed by atoms with E-state index in [1.54, 1.807) is 20.8 Å². The number of likely N-dealkylation sites (tertiary alicyclic amines) is 1.